The molecule has 0 unspecified atom stereocenters. The number of hydrogen-bond donors (Lipinski definition) is 1. The Hall–Kier alpha value is -1.35. The van der Waals surface area contributed by atoms with Crippen LogP contribution in [-0.2, 0) is 10.2 Å². The topological polar surface area (TPSA) is 32.3 Å². The lowest BCUT2D eigenvalue weighted by Crippen LogP contribution is -2.46. The molecule has 4 rings (SSSR count). The van der Waals surface area contributed by atoms with E-state index in [1.54, 1.807) is 6.92 Å². The number of likely N-dealkylation sites (tertiary alicyclic amines) is 1. The molecule has 1 heterocycles. The van der Waals surface area contributed by atoms with Crippen LogP contribution in [0.3, 0.4) is 0 Å². The molecule has 3 aliphatic rings. The van der Waals surface area contributed by atoms with Crippen molar-refractivity contribution in [2.24, 2.45) is 0 Å². The third-order valence-electron chi connectivity index (χ3n) is 7.23. The Morgan fingerprint density at radius 3 is 2.42 bits per heavy atom. The SMILES string of the molecule is CC(=O)N[C@H]1CC2(CCN(C3CCCCCCC3)CC2)c2ccccc21.[HH]. The van der Waals surface area contributed by atoms with Crippen LogP contribution in [0.15, 0.2) is 24.3 Å². The minimum atomic E-state index is 0. The van der Waals surface area contributed by atoms with Crippen molar-refractivity contribution in [1.82, 2.24) is 10.2 Å². The summed E-state index contributed by atoms with van der Waals surface area (Å²) in [4.78, 5) is 14.5. The monoisotopic (exact) mass is 356 g/mol. The lowest BCUT2D eigenvalue weighted by Gasteiger charge is -2.44. The number of rotatable bonds is 2. The Kier molecular flexibility index (Phi) is 5.35. The van der Waals surface area contributed by atoms with Gasteiger partial charge in [0, 0.05) is 19.8 Å². The van der Waals surface area contributed by atoms with Gasteiger partial charge in [0.1, 0.15) is 0 Å². The summed E-state index contributed by atoms with van der Waals surface area (Å²) in [7, 11) is 0. The average molecular weight is 357 g/mol. The molecule has 3 heteroatoms. The summed E-state index contributed by atoms with van der Waals surface area (Å²) in [5, 5.41) is 3.21. The van der Waals surface area contributed by atoms with Crippen molar-refractivity contribution in [1.29, 1.82) is 0 Å². The third kappa shape index (κ3) is 3.55. The van der Waals surface area contributed by atoms with Crippen LogP contribution in [0.25, 0.3) is 0 Å². The minimum absolute atomic E-state index is 0. The van der Waals surface area contributed by atoms with Gasteiger partial charge in [0.05, 0.1) is 6.04 Å². The first-order valence-electron chi connectivity index (χ1n) is 10.8. The summed E-state index contributed by atoms with van der Waals surface area (Å²) in [6.07, 6.45) is 13.5. The van der Waals surface area contributed by atoms with Crippen LogP contribution in [0.4, 0.5) is 0 Å². The Morgan fingerprint density at radius 1 is 1.08 bits per heavy atom. The summed E-state index contributed by atoms with van der Waals surface area (Å²) in [5.41, 5.74) is 3.15. The van der Waals surface area contributed by atoms with E-state index in [2.05, 4.69) is 34.5 Å². The van der Waals surface area contributed by atoms with Crippen molar-refractivity contribution >= 4 is 5.91 Å². The Labute approximate surface area is 160 Å². The molecule has 26 heavy (non-hydrogen) atoms. The minimum Gasteiger partial charge on any atom is -0.349 e. The molecule has 1 saturated heterocycles. The average Bonchev–Trinajstić information content (AvgIpc) is 2.89. The second-order valence-corrected chi connectivity index (χ2v) is 8.86. The zero-order valence-electron chi connectivity index (χ0n) is 16.3. The molecule has 144 valence electrons. The van der Waals surface area contributed by atoms with E-state index in [1.807, 2.05) is 0 Å². The molecule has 2 aliphatic carbocycles. The number of fused-ring (bicyclic) bond motifs is 2. The molecule has 0 radical (unpaired) electrons. The molecule has 0 aromatic heterocycles. The second-order valence-electron chi connectivity index (χ2n) is 8.86. The molecule has 1 spiro atoms. The molecule has 1 amide bonds. The standard InChI is InChI=1S/C23H34N2O.H2/c1-18(26)24-22-17-23(21-12-8-7-11-20(21)22)13-15-25(16-14-23)19-9-5-3-2-4-6-10-19;/h7-8,11-12,19,22H,2-6,9-10,13-17H2,1H3,(H,24,26);1H/t22-;/m0./s1. The molecule has 1 aromatic carbocycles. The van der Waals surface area contributed by atoms with Crippen LogP contribution in [0.5, 0.6) is 0 Å². The fourth-order valence-electron chi connectivity index (χ4n) is 5.86. The van der Waals surface area contributed by atoms with Crippen LogP contribution in [-0.4, -0.2) is 29.9 Å². The zero-order valence-corrected chi connectivity index (χ0v) is 16.3. The zero-order chi connectivity index (χ0) is 18.0. The second kappa shape index (κ2) is 7.72. The highest BCUT2D eigenvalue weighted by Gasteiger charge is 2.46. The summed E-state index contributed by atoms with van der Waals surface area (Å²) < 4.78 is 0. The number of carbonyl (C=O) groups is 1. The molecule has 1 aliphatic heterocycles. The molecule has 2 fully saturated rings. The third-order valence-corrected chi connectivity index (χ3v) is 7.23. The Bertz CT molecular complexity index is 631. The van der Waals surface area contributed by atoms with Crippen molar-refractivity contribution in [3.05, 3.63) is 35.4 Å². The first kappa shape index (κ1) is 18.0. The van der Waals surface area contributed by atoms with Gasteiger partial charge in [-0.05, 0) is 56.3 Å². The lowest BCUT2D eigenvalue weighted by atomic mass is 9.73. The van der Waals surface area contributed by atoms with Gasteiger partial charge in [-0.3, -0.25) is 4.79 Å². The molecule has 1 aromatic rings. The summed E-state index contributed by atoms with van der Waals surface area (Å²) >= 11 is 0. The number of nitrogens with one attached hydrogen (secondary N) is 1. The van der Waals surface area contributed by atoms with E-state index in [0.29, 0.717) is 0 Å². The maximum atomic E-state index is 11.7. The van der Waals surface area contributed by atoms with Gasteiger partial charge < -0.3 is 10.2 Å². The highest BCUT2D eigenvalue weighted by molar-refractivity contribution is 5.73. The van der Waals surface area contributed by atoms with Crippen molar-refractivity contribution in [2.45, 2.75) is 88.6 Å². The Balaban J connectivity index is 0.00000210. The van der Waals surface area contributed by atoms with Gasteiger partial charge in [0.2, 0.25) is 5.91 Å². The summed E-state index contributed by atoms with van der Waals surface area (Å²) in [6.45, 7) is 4.10. The van der Waals surface area contributed by atoms with Gasteiger partial charge in [-0.2, -0.15) is 0 Å². The number of carbonyl (C=O) groups excluding carboxylic acids is 1. The van der Waals surface area contributed by atoms with Gasteiger partial charge in [-0.25, -0.2) is 0 Å². The van der Waals surface area contributed by atoms with Gasteiger partial charge in [-0.15, -0.1) is 0 Å². The largest absolute Gasteiger partial charge is 0.349 e. The predicted octanol–water partition coefficient (Wildman–Crippen LogP) is 4.96. The fourth-order valence-corrected chi connectivity index (χ4v) is 5.86. The molecule has 0 bridgehead atoms. The lowest BCUT2D eigenvalue weighted by molar-refractivity contribution is -0.119. The maximum Gasteiger partial charge on any atom is 0.217 e. The summed E-state index contributed by atoms with van der Waals surface area (Å²) in [6, 6.07) is 9.87. The maximum absolute atomic E-state index is 11.7. The van der Waals surface area contributed by atoms with Crippen molar-refractivity contribution in [3.8, 4) is 0 Å². The predicted molar refractivity (Wildman–Crippen MR) is 108 cm³/mol. The highest BCUT2D eigenvalue weighted by atomic mass is 16.1. The Morgan fingerprint density at radius 2 is 1.73 bits per heavy atom. The quantitative estimate of drug-likeness (QED) is 0.812. The van der Waals surface area contributed by atoms with E-state index in [0.717, 1.165) is 12.5 Å². The van der Waals surface area contributed by atoms with Crippen LogP contribution >= 0.6 is 0 Å². The normalized spacial score (nSPS) is 26.9. The van der Waals surface area contributed by atoms with Crippen LogP contribution in [0.1, 0.15) is 89.7 Å². The highest BCUT2D eigenvalue weighted by Crippen LogP contribution is 2.51. The number of benzene rings is 1. The van der Waals surface area contributed by atoms with E-state index < -0.39 is 0 Å². The van der Waals surface area contributed by atoms with E-state index in [4.69, 9.17) is 0 Å². The van der Waals surface area contributed by atoms with Gasteiger partial charge in [0.25, 0.3) is 0 Å². The van der Waals surface area contributed by atoms with Crippen LogP contribution < -0.4 is 5.32 Å². The van der Waals surface area contributed by atoms with E-state index in [9.17, 15) is 4.79 Å². The molecule has 1 saturated carbocycles. The van der Waals surface area contributed by atoms with Crippen LogP contribution in [0.2, 0.25) is 0 Å². The number of piperidine rings is 1. The summed E-state index contributed by atoms with van der Waals surface area (Å²) in [5.74, 6) is 0.0915. The smallest absolute Gasteiger partial charge is 0.217 e. The van der Waals surface area contributed by atoms with E-state index in [-0.39, 0.29) is 18.8 Å². The van der Waals surface area contributed by atoms with Crippen molar-refractivity contribution < 1.29 is 6.22 Å². The van der Waals surface area contributed by atoms with Crippen molar-refractivity contribution in [2.75, 3.05) is 13.1 Å². The first-order valence-corrected chi connectivity index (χ1v) is 10.8. The van der Waals surface area contributed by atoms with Gasteiger partial charge >= 0.3 is 0 Å². The van der Waals surface area contributed by atoms with E-state index in [1.165, 1.54) is 82.0 Å². The van der Waals surface area contributed by atoms with Gasteiger partial charge in [0.15, 0.2) is 0 Å². The molecule has 1 N–H and O–H groups in total. The number of hydrogen-bond acceptors (Lipinski definition) is 2. The number of nitrogens with zero attached hydrogens (tertiary/aromatic N) is 1. The van der Waals surface area contributed by atoms with E-state index >= 15 is 0 Å². The van der Waals surface area contributed by atoms with Crippen LogP contribution in [0, 0.1) is 0 Å². The fraction of sp³-hybridized carbons (Fsp3) is 0.696. The molecule has 1 atom stereocenters. The van der Waals surface area contributed by atoms with Gasteiger partial charge in [-0.1, -0.05) is 56.4 Å². The van der Waals surface area contributed by atoms with Crippen molar-refractivity contribution in [3.63, 3.8) is 0 Å². The molecular formula is C23H36N2O. The number of amides is 1. The molecule has 3 nitrogen and oxygen atoms in total. The molecular weight excluding hydrogens is 320 g/mol. The first-order chi connectivity index (χ1) is 12.7.